The number of benzene rings is 2. The monoisotopic (exact) mass is 367 g/mol. The summed E-state index contributed by atoms with van der Waals surface area (Å²) in [7, 11) is 1.74. The molecule has 1 heterocycles. The van der Waals surface area contributed by atoms with Gasteiger partial charge >= 0.3 is 0 Å². The maximum absolute atomic E-state index is 13.1. The molecule has 0 N–H and O–H groups in total. The van der Waals surface area contributed by atoms with Crippen molar-refractivity contribution in [2.75, 3.05) is 25.0 Å². The van der Waals surface area contributed by atoms with Crippen LogP contribution in [0.3, 0.4) is 0 Å². The summed E-state index contributed by atoms with van der Waals surface area (Å²) in [5.41, 5.74) is 3.34. The van der Waals surface area contributed by atoms with Crippen molar-refractivity contribution >= 4 is 17.3 Å². The highest BCUT2D eigenvalue weighted by atomic mass is 16.6. The molecule has 0 radical (unpaired) electrons. The van der Waals surface area contributed by atoms with E-state index in [2.05, 4.69) is 4.90 Å². The third-order valence-corrected chi connectivity index (χ3v) is 5.01. The molecule has 0 bridgehead atoms. The first-order chi connectivity index (χ1) is 13.0. The summed E-state index contributed by atoms with van der Waals surface area (Å²) in [6.07, 6.45) is 3.33. The van der Waals surface area contributed by atoms with Crippen LogP contribution in [0.5, 0.6) is 0 Å². The van der Waals surface area contributed by atoms with Crippen LogP contribution >= 0.6 is 0 Å². The third kappa shape index (κ3) is 4.45. The number of nitrogens with zero attached hydrogens (tertiary/aromatic N) is 3. The Bertz CT molecular complexity index is 827. The second-order valence-corrected chi connectivity index (χ2v) is 7.15. The van der Waals surface area contributed by atoms with Crippen molar-refractivity contribution < 1.29 is 9.72 Å². The fourth-order valence-corrected chi connectivity index (χ4v) is 3.46. The molecule has 142 valence electrons. The predicted molar refractivity (Wildman–Crippen MR) is 106 cm³/mol. The number of nitro groups is 1. The number of anilines is 1. The molecule has 1 aliphatic heterocycles. The zero-order chi connectivity index (χ0) is 19.4. The van der Waals surface area contributed by atoms with E-state index in [1.54, 1.807) is 18.0 Å². The van der Waals surface area contributed by atoms with E-state index in [-0.39, 0.29) is 11.6 Å². The van der Waals surface area contributed by atoms with Crippen molar-refractivity contribution in [3.8, 4) is 0 Å². The molecule has 2 aromatic rings. The minimum atomic E-state index is -0.448. The van der Waals surface area contributed by atoms with E-state index in [0.717, 1.165) is 37.2 Å². The molecule has 0 saturated carbocycles. The Balaban J connectivity index is 1.89. The number of nitro benzene ring substituents is 1. The highest BCUT2D eigenvalue weighted by molar-refractivity contribution is 6.00. The first kappa shape index (κ1) is 18.9. The molecule has 6 heteroatoms. The van der Waals surface area contributed by atoms with Crippen molar-refractivity contribution in [3.05, 3.63) is 69.3 Å². The minimum Gasteiger partial charge on any atom is -0.371 e. The number of carbonyl (C=O) groups is 1. The zero-order valence-corrected chi connectivity index (χ0v) is 15.9. The van der Waals surface area contributed by atoms with Gasteiger partial charge in [0.1, 0.15) is 0 Å². The molecule has 1 amide bonds. The van der Waals surface area contributed by atoms with Gasteiger partial charge in [0.05, 0.1) is 16.2 Å². The van der Waals surface area contributed by atoms with E-state index in [4.69, 9.17) is 0 Å². The smallest absolute Gasteiger partial charge is 0.270 e. The van der Waals surface area contributed by atoms with Crippen LogP contribution in [0.15, 0.2) is 42.5 Å². The van der Waals surface area contributed by atoms with Gasteiger partial charge in [-0.1, -0.05) is 29.8 Å². The normalized spacial score (nSPS) is 14.1. The number of carbonyl (C=O) groups excluding carboxylic acids is 1. The van der Waals surface area contributed by atoms with Crippen LogP contribution in [0.2, 0.25) is 0 Å². The van der Waals surface area contributed by atoms with Gasteiger partial charge < -0.3 is 9.80 Å². The Morgan fingerprint density at radius 1 is 1.11 bits per heavy atom. The quantitative estimate of drug-likeness (QED) is 0.588. The molecule has 6 nitrogen and oxygen atoms in total. The Labute approximate surface area is 159 Å². The molecular formula is C21H25N3O3. The first-order valence-electron chi connectivity index (χ1n) is 9.30. The molecule has 1 aliphatic rings. The topological polar surface area (TPSA) is 66.7 Å². The summed E-state index contributed by atoms with van der Waals surface area (Å²) in [5.74, 6) is -0.195. The molecular weight excluding hydrogens is 342 g/mol. The van der Waals surface area contributed by atoms with Crippen LogP contribution in [-0.2, 0) is 6.54 Å². The molecule has 0 atom stereocenters. The summed E-state index contributed by atoms with van der Waals surface area (Å²) in [5, 5.41) is 11.2. The standard InChI is InChI=1S/C21H25N3O3/c1-16-6-8-17(9-7-16)15-22(2)21(25)19-14-18(24(26)27)10-11-20(19)23-12-4-3-5-13-23/h6-11,14H,3-5,12-13,15H2,1-2H3. The highest BCUT2D eigenvalue weighted by Gasteiger charge is 2.24. The summed E-state index contributed by atoms with van der Waals surface area (Å²) in [6, 6.07) is 12.6. The molecule has 1 fully saturated rings. The average Bonchev–Trinajstić information content (AvgIpc) is 2.69. The van der Waals surface area contributed by atoms with Crippen molar-refractivity contribution in [2.45, 2.75) is 32.7 Å². The van der Waals surface area contributed by atoms with Crippen LogP contribution in [0, 0.1) is 17.0 Å². The molecule has 0 unspecified atom stereocenters. The van der Waals surface area contributed by atoms with Gasteiger partial charge in [-0.15, -0.1) is 0 Å². The van der Waals surface area contributed by atoms with Gasteiger partial charge in [-0.3, -0.25) is 14.9 Å². The van der Waals surface area contributed by atoms with Crippen LogP contribution in [0.25, 0.3) is 0 Å². The maximum Gasteiger partial charge on any atom is 0.270 e. The number of non-ortho nitro benzene ring substituents is 1. The van der Waals surface area contributed by atoms with Crippen LogP contribution in [-0.4, -0.2) is 35.9 Å². The Kier molecular flexibility index (Phi) is 5.74. The van der Waals surface area contributed by atoms with Crippen molar-refractivity contribution in [1.82, 2.24) is 4.90 Å². The lowest BCUT2D eigenvalue weighted by Crippen LogP contribution is -2.33. The average molecular weight is 367 g/mol. The molecule has 3 rings (SSSR count). The molecule has 1 saturated heterocycles. The summed E-state index contributed by atoms with van der Waals surface area (Å²) < 4.78 is 0. The van der Waals surface area contributed by atoms with Gasteiger partial charge in [-0.2, -0.15) is 0 Å². The summed E-state index contributed by atoms with van der Waals surface area (Å²) >= 11 is 0. The fraction of sp³-hybridized carbons (Fsp3) is 0.381. The van der Waals surface area contributed by atoms with Crippen LogP contribution in [0.1, 0.15) is 40.7 Å². The van der Waals surface area contributed by atoms with Gasteiger partial charge in [0.2, 0.25) is 0 Å². The number of aryl methyl sites for hydroxylation is 1. The van der Waals surface area contributed by atoms with Crippen molar-refractivity contribution in [3.63, 3.8) is 0 Å². The number of piperidine rings is 1. The summed E-state index contributed by atoms with van der Waals surface area (Å²) in [6.45, 7) is 4.23. The Morgan fingerprint density at radius 3 is 2.41 bits per heavy atom. The minimum absolute atomic E-state index is 0.0529. The van der Waals surface area contributed by atoms with Crippen molar-refractivity contribution in [2.24, 2.45) is 0 Å². The van der Waals surface area contributed by atoms with Gasteiger partial charge in [-0.05, 0) is 37.8 Å². The van der Waals surface area contributed by atoms with E-state index in [1.807, 2.05) is 31.2 Å². The van der Waals surface area contributed by atoms with Crippen LogP contribution in [0.4, 0.5) is 11.4 Å². The maximum atomic E-state index is 13.1. The molecule has 0 aromatic heterocycles. The third-order valence-electron chi connectivity index (χ3n) is 5.01. The lowest BCUT2D eigenvalue weighted by Gasteiger charge is -2.31. The largest absolute Gasteiger partial charge is 0.371 e. The molecule has 0 aliphatic carbocycles. The Morgan fingerprint density at radius 2 is 1.78 bits per heavy atom. The van der Waals surface area contributed by atoms with E-state index < -0.39 is 4.92 Å². The summed E-state index contributed by atoms with van der Waals surface area (Å²) in [4.78, 5) is 27.7. The highest BCUT2D eigenvalue weighted by Crippen LogP contribution is 2.29. The lowest BCUT2D eigenvalue weighted by atomic mass is 10.0. The van der Waals surface area contributed by atoms with E-state index in [9.17, 15) is 14.9 Å². The second kappa shape index (κ2) is 8.20. The van der Waals surface area contributed by atoms with E-state index in [0.29, 0.717) is 12.1 Å². The lowest BCUT2D eigenvalue weighted by molar-refractivity contribution is -0.384. The Hall–Kier alpha value is -2.89. The predicted octanol–water partition coefficient (Wildman–Crippen LogP) is 4.17. The number of hydrogen-bond acceptors (Lipinski definition) is 4. The van der Waals surface area contributed by atoms with Crippen LogP contribution < -0.4 is 4.90 Å². The molecule has 0 spiro atoms. The number of hydrogen-bond donors (Lipinski definition) is 0. The van der Waals surface area contributed by atoms with Crippen molar-refractivity contribution in [1.29, 1.82) is 0 Å². The van der Waals surface area contributed by atoms with E-state index in [1.165, 1.54) is 24.1 Å². The van der Waals surface area contributed by atoms with Gasteiger partial charge in [0.25, 0.3) is 11.6 Å². The molecule has 2 aromatic carbocycles. The van der Waals surface area contributed by atoms with Gasteiger partial charge in [-0.25, -0.2) is 0 Å². The van der Waals surface area contributed by atoms with E-state index >= 15 is 0 Å². The van der Waals surface area contributed by atoms with Gasteiger partial charge in [0.15, 0.2) is 0 Å². The number of amides is 1. The molecule has 27 heavy (non-hydrogen) atoms. The first-order valence-corrected chi connectivity index (χ1v) is 9.30. The SMILES string of the molecule is Cc1ccc(CN(C)C(=O)c2cc([N+](=O)[O-])ccc2N2CCCCC2)cc1. The second-order valence-electron chi connectivity index (χ2n) is 7.15. The zero-order valence-electron chi connectivity index (χ0n) is 15.9. The fourth-order valence-electron chi connectivity index (χ4n) is 3.46. The van der Waals surface area contributed by atoms with Gasteiger partial charge in [0, 0.05) is 38.8 Å². The number of rotatable bonds is 5.